The highest BCUT2D eigenvalue weighted by molar-refractivity contribution is 5.66. The molecule has 0 saturated carbocycles. The van der Waals surface area contributed by atoms with Crippen molar-refractivity contribution in [2.24, 2.45) is 0 Å². The van der Waals surface area contributed by atoms with Crippen LogP contribution in [0.5, 0.6) is 0 Å². The second-order valence-electron chi connectivity index (χ2n) is 4.29. The summed E-state index contributed by atoms with van der Waals surface area (Å²) < 4.78 is 0. The summed E-state index contributed by atoms with van der Waals surface area (Å²) in [4.78, 5) is 11.4. The Labute approximate surface area is 105 Å². The van der Waals surface area contributed by atoms with Crippen LogP contribution >= 0.6 is 0 Å². The van der Waals surface area contributed by atoms with Gasteiger partial charge in [0.15, 0.2) is 0 Å². The van der Waals surface area contributed by atoms with Crippen molar-refractivity contribution in [3.63, 3.8) is 0 Å². The third-order valence-electron chi connectivity index (χ3n) is 3.16. The summed E-state index contributed by atoms with van der Waals surface area (Å²) in [5.41, 5.74) is 4.42. The third kappa shape index (κ3) is 1.91. The second-order valence-corrected chi connectivity index (χ2v) is 4.29. The normalized spacial score (nSPS) is 10.1. The van der Waals surface area contributed by atoms with Gasteiger partial charge in [0, 0.05) is 11.1 Å². The lowest BCUT2D eigenvalue weighted by Crippen LogP contribution is -2.14. The van der Waals surface area contributed by atoms with E-state index in [1.165, 1.54) is 0 Å². The van der Waals surface area contributed by atoms with Gasteiger partial charge in [-0.2, -0.15) is 10.4 Å². The lowest BCUT2D eigenvalue weighted by molar-refractivity contribution is 0.958. The van der Waals surface area contributed by atoms with Crippen molar-refractivity contribution in [2.75, 3.05) is 0 Å². The molecule has 90 valence electrons. The number of hydrogen-bond acceptors (Lipinski definition) is 3. The van der Waals surface area contributed by atoms with Crippen LogP contribution in [0.3, 0.4) is 0 Å². The number of aromatic amines is 1. The van der Waals surface area contributed by atoms with E-state index in [0.717, 1.165) is 16.7 Å². The van der Waals surface area contributed by atoms with E-state index in [1.807, 2.05) is 26.0 Å². The van der Waals surface area contributed by atoms with Crippen LogP contribution in [0.25, 0.3) is 11.3 Å². The van der Waals surface area contributed by atoms with E-state index < -0.39 is 0 Å². The Kier molecular flexibility index (Phi) is 2.99. The number of aromatic nitrogens is 2. The Hall–Kier alpha value is -2.41. The van der Waals surface area contributed by atoms with E-state index in [0.29, 0.717) is 16.8 Å². The molecule has 18 heavy (non-hydrogen) atoms. The summed E-state index contributed by atoms with van der Waals surface area (Å²) in [5.74, 6) is 0. The predicted octanol–water partition coefficient (Wildman–Crippen LogP) is 2.23. The SMILES string of the molecule is Cc1ccc(-c2n[nH]c(=O)c(C)c2C)cc1C#N. The molecule has 2 aromatic rings. The maximum absolute atomic E-state index is 11.4. The molecule has 1 aromatic heterocycles. The third-order valence-corrected chi connectivity index (χ3v) is 3.16. The van der Waals surface area contributed by atoms with E-state index in [9.17, 15) is 4.79 Å². The molecule has 0 aliphatic carbocycles. The Balaban J connectivity index is 2.67. The van der Waals surface area contributed by atoms with Crippen molar-refractivity contribution in [3.05, 3.63) is 50.8 Å². The second kappa shape index (κ2) is 4.46. The maximum atomic E-state index is 11.4. The van der Waals surface area contributed by atoms with Gasteiger partial charge in [0.05, 0.1) is 17.3 Å². The minimum absolute atomic E-state index is 0.177. The van der Waals surface area contributed by atoms with Crippen molar-refractivity contribution in [3.8, 4) is 17.3 Å². The molecular formula is C14H13N3O. The van der Waals surface area contributed by atoms with Gasteiger partial charge >= 0.3 is 0 Å². The fraction of sp³-hybridized carbons (Fsp3) is 0.214. The Bertz CT molecular complexity index is 708. The number of nitriles is 1. The molecule has 1 aromatic carbocycles. The summed E-state index contributed by atoms with van der Waals surface area (Å²) in [5, 5.41) is 15.6. The molecule has 4 heteroatoms. The van der Waals surface area contributed by atoms with Gasteiger partial charge in [-0.25, -0.2) is 5.10 Å². The Morgan fingerprint density at radius 3 is 2.61 bits per heavy atom. The van der Waals surface area contributed by atoms with Crippen LogP contribution in [0.15, 0.2) is 23.0 Å². The highest BCUT2D eigenvalue weighted by Gasteiger charge is 2.10. The van der Waals surface area contributed by atoms with Gasteiger partial charge in [-0.1, -0.05) is 12.1 Å². The van der Waals surface area contributed by atoms with Gasteiger partial charge in [-0.3, -0.25) is 4.79 Å². The fourth-order valence-electron chi connectivity index (χ4n) is 1.79. The summed E-state index contributed by atoms with van der Waals surface area (Å²) in [7, 11) is 0. The molecular weight excluding hydrogens is 226 g/mol. The van der Waals surface area contributed by atoms with E-state index in [2.05, 4.69) is 16.3 Å². The van der Waals surface area contributed by atoms with E-state index in [-0.39, 0.29) is 5.56 Å². The minimum Gasteiger partial charge on any atom is -0.268 e. The minimum atomic E-state index is -0.177. The number of nitrogens with one attached hydrogen (secondary N) is 1. The van der Waals surface area contributed by atoms with E-state index >= 15 is 0 Å². The molecule has 4 nitrogen and oxygen atoms in total. The van der Waals surface area contributed by atoms with Gasteiger partial charge in [0.2, 0.25) is 0 Å². The number of nitrogens with zero attached hydrogens (tertiary/aromatic N) is 2. The van der Waals surface area contributed by atoms with E-state index in [4.69, 9.17) is 5.26 Å². The standard InChI is InChI=1S/C14H13N3O/c1-8-4-5-11(6-12(8)7-15)13-9(2)10(3)14(18)17-16-13/h4-6H,1-3H3,(H,17,18). The summed E-state index contributed by atoms with van der Waals surface area (Å²) >= 11 is 0. The van der Waals surface area contributed by atoms with Crippen LogP contribution in [0.1, 0.15) is 22.3 Å². The molecule has 1 N–H and O–H groups in total. The zero-order valence-corrected chi connectivity index (χ0v) is 10.5. The van der Waals surface area contributed by atoms with Crippen LogP contribution in [0.4, 0.5) is 0 Å². The number of aryl methyl sites for hydroxylation is 1. The van der Waals surface area contributed by atoms with Crippen molar-refractivity contribution >= 4 is 0 Å². The van der Waals surface area contributed by atoms with Gasteiger partial charge in [-0.05, 0) is 38.0 Å². The highest BCUT2D eigenvalue weighted by atomic mass is 16.1. The molecule has 2 rings (SSSR count). The molecule has 0 unspecified atom stereocenters. The molecule has 0 amide bonds. The van der Waals surface area contributed by atoms with Crippen LogP contribution in [-0.4, -0.2) is 10.2 Å². The van der Waals surface area contributed by atoms with Gasteiger partial charge in [-0.15, -0.1) is 0 Å². The highest BCUT2D eigenvalue weighted by Crippen LogP contribution is 2.23. The lowest BCUT2D eigenvalue weighted by Gasteiger charge is -2.07. The van der Waals surface area contributed by atoms with Gasteiger partial charge < -0.3 is 0 Å². The average molecular weight is 239 g/mol. The van der Waals surface area contributed by atoms with Crippen molar-refractivity contribution in [1.29, 1.82) is 5.26 Å². The molecule has 0 bridgehead atoms. The number of benzene rings is 1. The molecule has 0 spiro atoms. The number of hydrogen-bond donors (Lipinski definition) is 1. The monoisotopic (exact) mass is 239 g/mol. The van der Waals surface area contributed by atoms with E-state index in [1.54, 1.807) is 13.0 Å². The van der Waals surface area contributed by atoms with Crippen molar-refractivity contribution in [1.82, 2.24) is 10.2 Å². The Morgan fingerprint density at radius 2 is 1.94 bits per heavy atom. The average Bonchev–Trinajstić information content (AvgIpc) is 2.37. The first kappa shape index (κ1) is 12.1. The van der Waals surface area contributed by atoms with Crippen LogP contribution in [0.2, 0.25) is 0 Å². The molecule has 0 fully saturated rings. The summed E-state index contributed by atoms with van der Waals surface area (Å²) in [6.07, 6.45) is 0. The first-order chi connectivity index (χ1) is 8.54. The van der Waals surface area contributed by atoms with Gasteiger partial charge in [0.1, 0.15) is 0 Å². The summed E-state index contributed by atoms with van der Waals surface area (Å²) in [6, 6.07) is 7.74. The zero-order valence-electron chi connectivity index (χ0n) is 10.5. The Morgan fingerprint density at radius 1 is 1.22 bits per heavy atom. The van der Waals surface area contributed by atoms with Crippen LogP contribution in [0, 0.1) is 32.1 Å². The summed E-state index contributed by atoms with van der Waals surface area (Å²) in [6.45, 7) is 5.51. The molecule has 0 atom stereocenters. The van der Waals surface area contributed by atoms with Crippen molar-refractivity contribution in [2.45, 2.75) is 20.8 Å². The topological polar surface area (TPSA) is 69.5 Å². The molecule has 0 aliphatic rings. The maximum Gasteiger partial charge on any atom is 0.267 e. The molecule has 1 heterocycles. The predicted molar refractivity (Wildman–Crippen MR) is 69.2 cm³/mol. The lowest BCUT2D eigenvalue weighted by atomic mass is 10.00. The zero-order chi connectivity index (χ0) is 13.3. The largest absolute Gasteiger partial charge is 0.268 e. The molecule has 0 saturated heterocycles. The van der Waals surface area contributed by atoms with Crippen LogP contribution < -0.4 is 5.56 Å². The smallest absolute Gasteiger partial charge is 0.267 e. The number of H-pyrrole nitrogens is 1. The van der Waals surface area contributed by atoms with Crippen molar-refractivity contribution < 1.29 is 0 Å². The number of rotatable bonds is 1. The molecule has 0 aliphatic heterocycles. The molecule has 0 radical (unpaired) electrons. The van der Waals surface area contributed by atoms with Crippen LogP contribution in [-0.2, 0) is 0 Å². The van der Waals surface area contributed by atoms with Gasteiger partial charge in [0.25, 0.3) is 5.56 Å². The first-order valence-corrected chi connectivity index (χ1v) is 5.61. The quantitative estimate of drug-likeness (QED) is 0.829. The first-order valence-electron chi connectivity index (χ1n) is 5.61. The fourth-order valence-corrected chi connectivity index (χ4v) is 1.79.